The van der Waals surface area contributed by atoms with Gasteiger partial charge in [0.2, 0.25) is 18.5 Å². The maximum absolute atomic E-state index is 11.2. The summed E-state index contributed by atoms with van der Waals surface area (Å²) in [5.41, 5.74) is 2.20. The van der Waals surface area contributed by atoms with Crippen LogP contribution < -0.4 is 9.78 Å². The highest BCUT2D eigenvalue weighted by Crippen LogP contribution is 2.16. The summed E-state index contributed by atoms with van der Waals surface area (Å²) in [6, 6.07) is 13.8. The Morgan fingerprint density at radius 1 is 1.11 bits per heavy atom. The third kappa shape index (κ3) is 3.07. The van der Waals surface area contributed by atoms with E-state index in [1.807, 2.05) is 42.5 Å². The van der Waals surface area contributed by atoms with Crippen molar-refractivity contribution in [3.63, 3.8) is 0 Å². The Kier molecular flexibility index (Phi) is 3.91. The standard InChI is InChI=1S/C14H14N2O2/c1-2-18-14(17)15-16-10-8-13(9-11-16)12-6-4-3-5-7-12/h3-11H,2H2,1H3. The Hall–Kier alpha value is -2.36. The number of hydrogen-bond donors (Lipinski definition) is 0. The molecule has 0 spiro atoms. The third-order valence-corrected chi connectivity index (χ3v) is 2.39. The van der Waals surface area contributed by atoms with Crippen LogP contribution in [0.1, 0.15) is 6.92 Å². The summed E-state index contributed by atoms with van der Waals surface area (Å²) in [5.74, 6) is 0. The molecule has 0 atom stereocenters. The molecule has 18 heavy (non-hydrogen) atoms. The van der Waals surface area contributed by atoms with Gasteiger partial charge >= 0.3 is 0 Å². The fourth-order valence-corrected chi connectivity index (χ4v) is 1.55. The monoisotopic (exact) mass is 242 g/mol. The molecular weight excluding hydrogens is 228 g/mol. The predicted octanol–water partition coefficient (Wildman–Crippen LogP) is 1.16. The van der Waals surface area contributed by atoms with Gasteiger partial charge in [0, 0.05) is 17.2 Å². The molecular formula is C14H14N2O2. The average molecular weight is 242 g/mol. The lowest BCUT2D eigenvalue weighted by molar-refractivity contribution is -0.682. The quantitative estimate of drug-likeness (QED) is 0.460. The maximum Gasteiger partial charge on any atom is 0.222 e. The van der Waals surface area contributed by atoms with Gasteiger partial charge < -0.3 is 9.84 Å². The number of rotatable bonds is 3. The molecule has 0 saturated heterocycles. The van der Waals surface area contributed by atoms with Crippen molar-refractivity contribution in [1.82, 2.24) is 0 Å². The van der Waals surface area contributed by atoms with Gasteiger partial charge in [-0.3, -0.25) is 0 Å². The van der Waals surface area contributed by atoms with Gasteiger partial charge in [0.05, 0.1) is 0 Å². The SMILES string of the molecule is CCO/C([O-])=N/[n+]1ccc(-c2ccccc2)cc1. The molecule has 4 heteroatoms. The second-order valence-corrected chi connectivity index (χ2v) is 3.63. The molecule has 0 N–H and O–H groups in total. The van der Waals surface area contributed by atoms with Crippen LogP contribution in [0.4, 0.5) is 0 Å². The number of aromatic nitrogens is 1. The zero-order chi connectivity index (χ0) is 12.8. The van der Waals surface area contributed by atoms with Crippen molar-refractivity contribution in [2.45, 2.75) is 6.92 Å². The van der Waals surface area contributed by atoms with Crippen molar-refractivity contribution in [2.24, 2.45) is 5.10 Å². The molecule has 1 aromatic carbocycles. The maximum atomic E-state index is 11.2. The molecule has 0 aliphatic heterocycles. The Balaban J connectivity index is 2.18. The Morgan fingerprint density at radius 3 is 2.33 bits per heavy atom. The minimum Gasteiger partial charge on any atom is -0.596 e. The molecule has 0 aliphatic carbocycles. The summed E-state index contributed by atoms with van der Waals surface area (Å²) in [6.45, 7) is 2.07. The van der Waals surface area contributed by atoms with Gasteiger partial charge in [-0.25, -0.2) is 0 Å². The van der Waals surface area contributed by atoms with Gasteiger partial charge in [-0.15, -0.1) is 0 Å². The van der Waals surface area contributed by atoms with Gasteiger partial charge in [0.15, 0.2) is 0 Å². The largest absolute Gasteiger partial charge is 0.596 e. The number of nitrogens with zero attached hydrogens (tertiary/aromatic N) is 2. The van der Waals surface area contributed by atoms with Crippen molar-refractivity contribution in [3.05, 3.63) is 54.9 Å². The predicted molar refractivity (Wildman–Crippen MR) is 66.5 cm³/mol. The minimum atomic E-state index is -0.588. The van der Waals surface area contributed by atoms with Crippen molar-refractivity contribution >= 4 is 6.08 Å². The summed E-state index contributed by atoms with van der Waals surface area (Å²) in [6.07, 6.45) is 2.85. The summed E-state index contributed by atoms with van der Waals surface area (Å²) < 4.78 is 6.17. The first-order chi connectivity index (χ1) is 8.79. The summed E-state index contributed by atoms with van der Waals surface area (Å²) in [4.78, 5) is 0. The number of pyridine rings is 1. The smallest absolute Gasteiger partial charge is 0.222 e. The van der Waals surface area contributed by atoms with Crippen molar-refractivity contribution < 1.29 is 14.5 Å². The second kappa shape index (κ2) is 5.82. The van der Waals surface area contributed by atoms with Crippen LogP contribution >= 0.6 is 0 Å². The molecule has 1 aromatic heterocycles. The van der Waals surface area contributed by atoms with Crippen LogP contribution in [0.2, 0.25) is 0 Å². The summed E-state index contributed by atoms with van der Waals surface area (Å²) >= 11 is 0. The molecule has 0 unspecified atom stereocenters. The van der Waals surface area contributed by atoms with E-state index in [4.69, 9.17) is 4.74 Å². The van der Waals surface area contributed by atoms with E-state index in [1.165, 1.54) is 4.68 Å². The van der Waals surface area contributed by atoms with E-state index in [-0.39, 0.29) is 0 Å². The lowest BCUT2D eigenvalue weighted by atomic mass is 10.1. The van der Waals surface area contributed by atoms with E-state index in [0.29, 0.717) is 6.61 Å². The van der Waals surface area contributed by atoms with Crippen LogP contribution in [0.5, 0.6) is 0 Å². The normalized spacial score (nSPS) is 11.3. The molecule has 0 aliphatic rings. The number of benzene rings is 1. The van der Waals surface area contributed by atoms with Crippen LogP contribution in [-0.2, 0) is 4.74 Å². The molecule has 1 heterocycles. The lowest BCUT2D eigenvalue weighted by Crippen LogP contribution is -2.34. The second-order valence-electron chi connectivity index (χ2n) is 3.63. The molecule has 2 rings (SSSR count). The molecule has 0 amide bonds. The number of ether oxygens (including phenoxy) is 1. The first-order valence-corrected chi connectivity index (χ1v) is 5.75. The van der Waals surface area contributed by atoms with E-state index < -0.39 is 6.08 Å². The van der Waals surface area contributed by atoms with Crippen molar-refractivity contribution in [3.8, 4) is 11.1 Å². The Morgan fingerprint density at radius 2 is 1.72 bits per heavy atom. The number of hydrogen-bond acceptors (Lipinski definition) is 3. The average Bonchev–Trinajstić information content (AvgIpc) is 2.41. The first kappa shape index (κ1) is 12.1. The molecule has 0 fully saturated rings. The van der Waals surface area contributed by atoms with E-state index in [9.17, 15) is 5.11 Å². The molecule has 0 saturated carbocycles. The minimum absolute atomic E-state index is 0.324. The van der Waals surface area contributed by atoms with Gasteiger partial charge in [0.1, 0.15) is 0 Å². The summed E-state index contributed by atoms with van der Waals surface area (Å²) in [7, 11) is 0. The van der Waals surface area contributed by atoms with Crippen LogP contribution in [0.3, 0.4) is 0 Å². The molecule has 4 nitrogen and oxygen atoms in total. The van der Waals surface area contributed by atoms with Gasteiger partial charge in [-0.1, -0.05) is 41.9 Å². The van der Waals surface area contributed by atoms with Crippen LogP contribution in [0.15, 0.2) is 60.0 Å². The van der Waals surface area contributed by atoms with Crippen LogP contribution in [0, 0.1) is 0 Å². The molecule has 0 bridgehead atoms. The van der Waals surface area contributed by atoms with E-state index in [2.05, 4.69) is 5.10 Å². The summed E-state index contributed by atoms with van der Waals surface area (Å²) in [5, 5.41) is 14.9. The Bertz CT molecular complexity index is 521. The molecule has 92 valence electrons. The fraction of sp³-hybridized carbons (Fsp3) is 0.143. The zero-order valence-corrected chi connectivity index (χ0v) is 10.1. The molecule has 0 radical (unpaired) electrons. The third-order valence-electron chi connectivity index (χ3n) is 2.39. The zero-order valence-electron chi connectivity index (χ0n) is 10.1. The Labute approximate surface area is 106 Å². The van der Waals surface area contributed by atoms with Gasteiger partial charge in [-0.2, -0.15) is 0 Å². The fourth-order valence-electron chi connectivity index (χ4n) is 1.55. The van der Waals surface area contributed by atoms with Gasteiger partial charge in [0.25, 0.3) is 0 Å². The molecule has 2 aromatic rings. The lowest BCUT2D eigenvalue weighted by Gasteiger charge is -2.06. The van der Waals surface area contributed by atoms with Gasteiger partial charge in [-0.05, 0) is 17.7 Å². The highest BCUT2D eigenvalue weighted by Gasteiger charge is 2.01. The van der Waals surface area contributed by atoms with E-state index >= 15 is 0 Å². The highest BCUT2D eigenvalue weighted by atomic mass is 16.6. The topological polar surface area (TPSA) is 48.5 Å². The first-order valence-electron chi connectivity index (χ1n) is 5.75. The van der Waals surface area contributed by atoms with E-state index in [0.717, 1.165) is 11.1 Å². The van der Waals surface area contributed by atoms with E-state index in [1.54, 1.807) is 19.3 Å². The van der Waals surface area contributed by atoms with Crippen LogP contribution in [-0.4, -0.2) is 12.7 Å². The van der Waals surface area contributed by atoms with Crippen LogP contribution in [0.25, 0.3) is 11.1 Å². The van der Waals surface area contributed by atoms with Crippen molar-refractivity contribution in [1.29, 1.82) is 0 Å². The van der Waals surface area contributed by atoms with Crippen molar-refractivity contribution in [2.75, 3.05) is 6.61 Å². The highest BCUT2D eigenvalue weighted by molar-refractivity contribution is 5.62.